The van der Waals surface area contributed by atoms with E-state index in [9.17, 15) is 13.2 Å². The number of aromatic nitrogens is 3. The number of aliphatic carboxylic acids is 1. The van der Waals surface area contributed by atoms with Gasteiger partial charge in [-0.15, -0.1) is 0 Å². The number of rotatable bonds is 6. The van der Waals surface area contributed by atoms with Gasteiger partial charge in [-0.2, -0.15) is 13.2 Å². The molecule has 0 saturated carbocycles. The molecule has 35 heavy (non-hydrogen) atoms. The van der Waals surface area contributed by atoms with Crippen LogP contribution < -0.4 is 10.1 Å². The normalized spacial score (nSPS) is 11.1. The molecule has 0 aliphatic rings. The number of likely N-dealkylation sites (N-methyl/N-ethyl adjacent to an activating group) is 1. The summed E-state index contributed by atoms with van der Waals surface area (Å²) < 4.78 is 37.7. The van der Waals surface area contributed by atoms with E-state index in [-0.39, 0.29) is 0 Å². The van der Waals surface area contributed by atoms with Crippen LogP contribution in [0.4, 0.5) is 13.2 Å². The zero-order chi connectivity index (χ0) is 25.6. The Labute approximate surface area is 207 Å². The third kappa shape index (κ3) is 6.41. The molecule has 4 aromatic rings. The van der Waals surface area contributed by atoms with E-state index < -0.39 is 12.1 Å². The maximum Gasteiger partial charge on any atom is 0.490 e. The van der Waals surface area contributed by atoms with Crippen LogP contribution in [0.3, 0.4) is 0 Å². The van der Waals surface area contributed by atoms with Gasteiger partial charge in [0.1, 0.15) is 12.4 Å². The summed E-state index contributed by atoms with van der Waals surface area (Å²) in [6.07, 6.45) is 0.165. The van der Waals surface area contributed by atoms with Crippen LogP contribution in [0.15, 0.2) is 55.0 Å². The molecule has 12 heteroatoms. The largest absolute Gasteiger partial charge is 0.490 e. The molecule has 0 atom stereocenters. The number of alkyl halides is 3. The summed E-state index contributed by atoms with van der Waals surface area (Å²) in [4.78, 5) is 21.2. The van der Waals surface area contributed by atoms with Gasteiger partial charge in [-0.05, 0) is 42.9 Å². The number of fused-ring (bicyclic) bond motifs is 1. The highest BCUT2D eigenvalue weighted by atomic mass is 35.5. The molecule has 3 N–H and O–H groups in total. The minimum Gasteiger partial charge on any atom is -0.490 e. The first-order chi connectivity index (χ1) is 16.6. The monoisotopic (exact) mass is 526 g/mol. The molecule has 184 valence electrons. The van der Waals surface area contributed by atoms with Gasteiger partial charge in [-0.25, -0.2) is 4.79 Å². The molecule has 0 fully saturated rings. The topological polar surface area (TPSA) is 100 Å². The van der Waals surface area contributed by atoms with E-state index in [1.807, 2.05) is 37.4 Å². The van der Waals surface area contributed by atoms with Gasteiger partial charge in [0.05, 0.1) is 33.0 Å². The molecule has 0 unspecified atom stereocenters. The summed E-state index contributed by atoms with van der Waals surface area (Å²) in [6.45, 7) is 1.28. The fraction of sp³-hybridized carbons (Fsp3) is 0.174. The number of hydrogen-bond acceptors (Lipinski definition) is 5. The van der Waals surface area contributed by atoms with Crippen LogP contribution in [0.1, 0.15) is 0 Å². The van der Waals surface area contributed by atoms with Gasteiger partial charge >= 0.3 is 12.1 Å². The second-order valence-corrected chi connectivity index (χ2v) is 7.84. The highest BCUT2D eigenvalue weighted by Crippen LogP contribution is 2.41. The fourth-order valence-electron chi connectivity index (χ4n) is 3.12. The number of pyridine rings is 2. The van der Waals surface area contributed by atoms with Crippen LogP contribution in [0.2, 0.25) is 10.0 Å². The van der Waals surface area contributed by atoms with Crippen LogP contribution in [0, 0.1) is 0 Å². The Hall–Kier alpha value is -3.34. The third-order valence-electron chi connectivity index (χ3n) is 4.67. The van der Waals surface area contributed by atoms with Crippen molar-refractivity contribution in [1.82, 2.24) is 20.3 Å². The summed E-state index contributed by atoms with van der Waals surface area (Å²) in [5.41, 5.74) is 5.45. The van der Waals surface area contributed by atoms with E-state index in [2.05, 4.69) is 20.3 Å². The minimum atomic E-state index is -5.08. The number of benzene rings is 1. The lowest BCUT2D eigenvalue weighted by molar-refractivity contribution is -0.192. The highest BCUT2D eigenvalue weighted by molar-refractivity contribution is 6.42. The van der Waals surface area contributed by atoms with Crippen LogP contribution >= 0.6 is 23.2 Å². The van der Waals surface area contributed by atoms with Crippen molar-refractivity contribution in [3.8, 4) is 28.1 Å². The molecule has 0 aliphatic carbocycles. The van der Waals surface area contributed by atoms with Gasteiger partial charge in [0.2, 0.25) is 0 Å². The van der Waals surface area contributed by atoms with Crippen molar-refractivity contribution < 1.29 is 27.8 Å². The molecule has 0 bridgehead atoms. The number of H-pyrrole nitrogens is 1. The van der Waals surface area contributed by atoms with Crippen LogP contribution in [0.25, 0.3) is 33.4 Å². The Bertz CT molecular complexity index is 1330. The average molecular weight is 527 g/mol. The minimum absolute atomic E-state index is 0.496. The van der Waals surface area contributed by atoms with Crippen molar-refractivity contribution in [2.24, 2.45) is 0 Å². The zero-order valence-corrected chi connectivity index (χ0v) is 19.7. The number of carboxylic acids is 1. The summed E-state index contributed by atoms with van der Waals surface area (Å²) in [7, 11) is 1.89. The van der Waals surface area contributed by atoms with Crippen molar-refractivity contribution in [3.63, 3.8) is 0 Å². The van der Waals surface area contributed by atoms with Crippen molar-refractivity contribution in [1.29, 1.82) is 0 Å². The lowest BCUT2D eigenvalue weighted by atomic mass is 10.0. The molecule has 7 nitrogen and oxygen atoms in total. The first kappa shape index (κ1) is 26.3. The fourth-order valence-corrected chi connectivity index (χ4v) is 3.42. The number of halogens is 5. The molecular formula is C23H19Cl2F3N4O3. The summed E-state index contributed by atoms with van der Waals surface area (Å²) in [5, 5.41) is 11.2. The summed E-state index contributed by atoms with van der Waals surface area (Å²) >= 11 is 12.4. The van der Waals surface area contributed by atoms with Crippen LogP contribution in [-0.4, -0.2) is 52.4 Å². The quantitative estimate of drug-likeness (QED) is 0.273. The second-order valence-electron chi connectivity index (χ2n) is 7.03. The van der Waals surface area contributed by atoms with Gasteiger partial charge in [0, 0.05) is 30.1 Å². The smallest absolute Gasteiger partial charge is 0.490 e. The molecule has 4 rings (SSSR count). The molecule has 0 saturated heterocycles. The summed E-state index contributed by atoms with van der Waals surface area (Å²) in [5.74, 6) is -2.06. The molecule has 0 radical (unpaired) electrons. The molecule has 1 aromatic carbocycles. The van der Waals surface area contributed by atoms with E-state index >= 15 is 0 Å². The number of carboxylic acid groups (broad SMARTS) is 1. The number of ether oxygens (including phenoxy) is 1. The van der Waals surface area contributed by atoms with Crippen LogP contribution in [0.5, 0.6) is 5.75 Å². The Morgan fingerprint density at radius 3 is 2.57 bits per heavy atom. The average Bonchev–Trinajstić information content (AvgIpc) is 3.20. The Morgan fingerprint density at radius 1 is 1.17 bits per heavy atom. The number of nitrogens with one attached hydrogen (secondary N) is 2. The lowest BCUT2D eigenvalue weighted by Gasteiger charge is -2.12. The molecule has 0 amide bonds. The number of carbonyl (C=O) groups is 1. The molecular weight excluding hydrogens is 508 g/mol. The predicted molar refractivity (Wildman–Crippen MR) is 128 cm³/mol. The second kappa shape index (κ2) is 11.4. The van der Waals surface area contributed by atoms with E-state index in [1.165, 1.54) is 0 Å². The Morgan fingerprint density at radius 2 is 1.91 bits per heavy atom. The molecule has 0 aliphatic heterocycles. The van der Waals surface area contributed by atoms with Crippen LogP contribution in [-0.2, 0) is 4.79 Å². The maximum atomic E-state index is 10.6. The van der Waals surface area contributed by atoms with Gasteiger partial charge in [0.15, 0.2) is 0 Å². The van der Waals surface area contributed by atoms with E-state index in [0.29, 0.717) is 22.4 Å². The maximum absolute atomic E-state index is 10.6. The van der Waals surface area contributed by atoms with Crippen molar-refractivity contribution in [3.05, 3.63) is 65.0 Å². The van der Waals surface area contributed by atoms with Crippen molar-refractivity contribution in [2.45, 2.75) is 6.18 Å². The van der Waals surface area contributed by atoms with E-state index in [1.54, 1.807) is 24.7 Å². The summed E-state index contributed by atoms with van der Waals surface area (Å²) in [6, 6.07) is 11.4. The first-order valence-corrected chi connectivity index (χ1v) is 10.8. The molecule has 0 spiro atoms. The first-order valence-electron chi connectivity index (χ1n) is 10.1. The van der Waals surface area contributed by atoms with Crippen molar-refractivity contribution >= 4 is 40.2 Å². The lowest BCUT2D eigenvalue weighted by Crippen LogP contribution is -2.21. The van der Waals surface area contributed by atoms with Gasteiger partial charge in [0.25, 0.3) is 0 Å². The van der Waals surface area contributed by atoms with Gasteiger partial charge < -0.3 is 20.1 Å². The molecule has 3 aromatic heterocycles. The van der Waals surface area contributed by atoms with Gasteiger partial charge in [-0.1, -0.05) is 29.3 Å². The Balaban J connectivity index is 0.000000429. The van der Waals surface area contributed by atoms with E-state index in [4.69, 9.17) is 37.8 Å². The predicted octanol–water partition coefficient (Wildman–Crippen LogP) is 5.83. The van der Waals surface area contributed by atoms with E-state index in [0.717, 1.165) is 40.0 Å². The standard InChI is InChI=1S/C21H18Cl2N4O.C2HF3O2/c1-24-9-10-28-18-12-25-8-6-14(18)20-19(13-4-5-15(22)16(23)11-13)21-17(27-20)3-2-7-26-21;3-2(4,5)1(6)7/h2-8,11-12,24,27H,9-10H2,1H3;(H,6,7). The molecule has 3 heterocycles. The van der Waals surface area contributed by atoms with Gasteiger partial charge in [-0.3, -0.25) is 9.97 Å². The SMILES string of the molecule is CNCCOc1cnccc1-c1[nH]c2cccnc2c1-c1ccc(Cl)c(Cl)c1.O=C(O)C(F)(F)F. The number of nitrogens with zero attached hydrogens (tertiary/aromatic N) is 2. The Kier molecular flexibility index (Phi) is 8.55. The highest BCUT2D eigenvalue weighted by Gasteiger charge is 2.38. The number of aromatic amines is 1. The third-order valence-corrected chi connectivity index (χ3v) is 5.41. The zero-order valence-electron chi connectivity index (χ0n) is 18.2. The van der Waals surface area contributed by atoms with Crippen molar-refractivity contribution in [2.75, 3.05) is 20.2 Å². The number of hydrogen-bond donors (Lipinski definition) is 3.